The van der Waals surface area contributed by atoms with Crippen molar-refractivity contribution >= 4 is 5.91 Å². The summed E-state index contributed by atoms with van der Waals surface area (Å²) in [5.41, 5.74) is 5.02. The maximum Gasteiger partial charge on any atom is 0.246 e. The Balaban J connectivity index is 2.61. The number of rotatable bonds is 3. The average molecular weight is 205 g/mol. The molecule has 0 aliphatic carbocycles. The normalized spacial score (nSPS) is 38.2. The Morgan fingerprint density at radius 3 is 2.79 bits per heavy atom. The van der Waals surface area contributed by atoms with Gasteiger partial charge in [-0.1, -0.05) is 0 Å². The van der Waals surface area contributed by atoms with Crippen LogP contribution >= 0.6 is 0 Å². The molecule has 0 radical (unpaired) electrons. The largest absolute Gasteiger partial charge is 0.390 e. The molecule has 1 aliphatic rings. The first kappa shape index (κ1) is 11.4. The van der Waals surface area contributed by atoms with Crippen molar-refractivity contribution in [2.45, 2.75) is 37.9 Å². The third-order valence-electron chi connectivity index (χ3n) is 2.08. The Morgan fingerprint density at radius 2 is 2.29 bits per heavy atom. The molecular weight excluding hydrogens is 190 g/mol. The van der Waals surface area contributed by atoms with Crippen LogP contribution in [0, 0.1) is 0 Å². The van der Waals surface area contributed by atoms with Gasteiger partial charge in [-0.2, -0.15) is 0 Å². The number of primary amides is 1. The van der Waals surface area contributed by atoms with Gasteiger partial charge in [-0.3, -0.25) is 4.79 Å². The maximum absolute atomic E-state index is 10.8. The summed E-state index contributed by atoms with van der Waals surface area (Å²) in [6.07, 6.45) is -4.06. The lowest BCUT2D eigenvalue weighted by molar-refractivity contribution is -0.260. The third kappa shape index (κ3) is 2.42. The molecule has 0 saturated carbocycles. The fraction of sp³-hybridized carbons (Fsp3) is 0.875. The smallest absolute Gasteiger partial charge is 0.246 e. The first-order chi connectivity index (χ1) is 6.56. The molecule has 0 aromatic rings. The average Bonchev–Trinajstić information content (AvgIpc) is 2.12. The molecule has 1 saturated heterocycles. The highest BCUT2D eigenvalue weighted by atomic mass is 16.7. The quantitative estimate of drug-likeness (QED) is 0.512. The molecule has 6 nitrogen and oxygen atoms in total. The lowest BCUT2D eigenvalue weighted by atomic mass is 10.0. The highest BCUT2D eigenvalue weighted by molar-refractivity contribution is 5.79. The molecular formula is C8H15NO5. The number of amides is 1. The fourth-order valence-corrected chi connectivity index (χ4v) is 1.32. The summed E-state index contributed by atoms with van der Waals surface area (Å²) in [6, 6.07) is 0. The van der Waals surface area contributed by atoms with Crippen LogP contribution in [0.3, 0.4) is 0 Å². The Morgan fingerprint density at radius 1 is 1.64 bits per heavy atom. The summed E-state index contributed by atoms with van der Waals surface area (Å²) in [7, 11) is 0. The number of carbonyl (C=O) groups excluding carboxylic acids is 1. The minimum Gasteiger partial charge on any atom is -0.390 e. The summed E-state index contributed by atoms with van der Waals surface area (Å²) in [5.74, 6) is -0.666. The van der Waals surface area contributed by atoms with Gasteiger partial charge < -0.3 is 25.4 Å². The number of hydrogen-bond acceptors (Lipinski definition) is 5. The zero-order valence-corrected chi connectivity index (χ0v) is 7.92. The molecule has 4 N–H and O–H groups in total. The molecule has 1 rings (SSSR count). The van der Waals surface area contributed by atoms with Crippen LogP contribution in [0.5, 0.6) is 0 Å². The molecule has 0 bridgehead atoms. The van der Waals surface area contributed by atoms with Crippen LogP contribution in [0.2, 0.25) is 0 Å². The van der Waals surface area contributed by atoms with Gasteiger partial charge in [-0.25, -0.2) is 0 Å². The van der Waals surface area contributed by atoms with Gasteiger partial charge in [-0.05, 0) is 6.92 Å². The van der Waals surface area contributed by atoms with Gasteiger partial charge >= 0.3 is 0 Å². The van der Waals surface area contributed by atoms with E-state index in [2.05, 4.69) is 0 Å². The van der Waals surface area contributed by atoms with E-state index in [1.165, 1.54) is 0 Å². The molecule has 6 heteroatoms. The van der Waals surface area contributed by atoms with E-state index in [-0.39, 0.29) is 6.42 Å². The minimum atomic E-state index is -1.13. The first-order valence-electron chi connectivity index (χ1n) is 4.48. The van der Waals surface area contributed by atoms with Crippen LogP contribution in [-0.4, -0.2) is 47.3 Å². The Bertz CT molecular complexity index is 210. The molecule has 82 valence electrons. The van der Waals surface area contributed by atoms with Crippen molar-refractivity contribution in [1.29, 1.82) is 0 Å². The Kier molecular flexibility index (Phi) is 3.82. The molecule has 0 aromatic carbocycles. The van der Waals surface area contributed by atoms with Crippen LogP contribution in [-0.2, 0) is 14.3 Å². The van der Waals surface area contributed by atoms with E-state index >= 15 is 0 Å². The topological polar surface area (TPSA) is 102 Å². The highest BCUT2D eigenvalue weighted by Crippen LogP contribution is 2.20. The number of aliphatic hydroxyl groups is 2. The molecule has 14 heavy (non-hydrogen) atoms. The van der Waals surface area contributed by atoms with Crippen LogP contribution in [0.1, 0.15) is 13.3 Å². The second-order valence-corrected chi connectivity index (χ2v) is 3.14. The van der Waals surface area contributed by atoms with Crippen molar-refractivity contribution in [2.24, 2.45) is 5.73 Å². The van der Waals surface area contributed by atoms with Crippen molar-refractivity contribution in [2.75, 3.05) is 6.61 Å². The zero-order valence-electron chi connectivity index (χ0n) is 7.92. The summed E-state index contributed by atoms with van der Waals surface area (Å²) < 4.78 is 10.1. The van der Waals surface area contributed by atoms with Crippen molar-refractivity contribution < 1.29 is 24.5 Å². The fourth-order valence-electron chi connectivity index (χ4n) is 1.32. The van der Waals surface area contributed by atoms with Crippen LogP contribution in [0.15, 0.2) is 0 Å². The number of carbonyl (C=O) groups is 1. The lowest BCUT2D eigenvalue weighted by Gasteiger charge is -2.35. The second kappa shape index (κ2) is 4.70. The number of nitrogens with two attached hydrogens (primary N) is 1. The standard InChI is InChI=1S/C8H15NO5/c1-2-13-8-6(11)4(10)3-5(14-8)7(9)12/h4-6,8,10-11H,2-3H2,1H3,(H2,9,12). The monoisotopic (exact) mass is 205 g/mol. The van der Waals surface area contributed by atoms with E-state index in [1.54, 1.807) is 6.92 Å². The van der Waals surface area contributed by atoms with E-state index in [4.69, 9.17) is 15.2 Å². The zero-order chi connectivity index (χ0) is 10.7. The predicted molar refractivity (Wildman–Crippen MR) is 46.1 cm³/mol. The van der Waals surface area contributed by atoms with E-state index in [9.17, 15) is 15.0 Å². The summed E-state index contributed by atoms with van der Waals surface area (Å²) in [4.78, 5) is 10.8. The van der Waals surface area contributed by atoms with Gasteiger partial charge in [0.15, 0.2) is 6.29 Å². The predicted octanol–water partition coefficient (Wildman–Crippen LogP) is -1.65. The van der Waals surface area contributed by atoms with Gasteiger partial charge in [-0.15, -0.1) is 0 Å². The van der Waals surface area contributed by atoms with E-state index in [0.717, 1.165) is 0 Å². The number of ether oxygens (including phenoxy) is 2. The molecule has 0 aromatic heterocycles. The molecule has 4 unspecified atom stereocenters. The van der Waals surface area contributed by atoms with E-state index < -0.39 is 30.5 Å². The van der Waals surface area contributed by atoms with Crippen molar-refractivity contribution in [3.63, 3.8) is 0 Å². The summed E-state index contributed by atoms with van der Waals surface area (Å²) >= 11 is 0. The molecule has 1 amide bonds. The van der Waals surface area contributed by atoms with Crippen molar-refractivity contribution in [1.82, 2.24) is 0 Å². The molecule has 1 aliphatic heterocycles. The van der Waals surface area contributed by atoms with Crippen molar-refractivity contribution in [3.8, 4) is 0 Å². The Labute approximate surface area is 81.6 Å². The van der Waals surface area contributed by atoms with Crippen LogP contribution in [0.25, 0.3) is 0 Å². The van der Waals surface area contributed by atoms with E-state index in [0.29, 0.717) is 6.61 Å². The van der Waals surface area contributed by atoms with Crippen molar-refractivity contribution in [3.05, 3.63) is 0 Å². The first-order valence-corrected chi connectivity index (χ1v) is 4.48. The highest BCUT2D eigenvalue weighted by Gasteiger charge is 2.39. The third-order valence-corrected chi connectivity index (χ3v) is 2.08. The molecule has 1 fully saturated rings. The Hall–Kier alpha value is -0.690. The number of aliphatic hydroxyl groups excluding tert-OH is 2. The van der Waals surface area contributed by atoms with E-state index in [1.807, 2.05) is 0 Å². The maximum atomic E-state index is 10.8. The van der Waals surface area contributed by atoms with Crippen LogP contribution < -0.4 is 5.73 Å². The second-order valence-electron chi connectivity index (χ2n) is 3.14. The summed E-state index contributed by atoms with van der Waals surface area (Å²) in [5, 5.41) is 18.8. The van der Waals surface area contributed by atoms with Gasteiger partial charge in [0, 0.05) is 13.0 Å². The summed E-state index contributed by atoms with van der Waals surface area (Å²) in [6.45, 7) is 2.04. The number of hydrogen-bond donors (Lipinski definition) is 3. The SMILES string of the molecule is CCOC1OC(C(N)=O)CC(O)C1O. The van der Waals surface area contributed by atoms with Gasteiger partial charge in [0.05, 0.1) is 6.10 Å². The van der Waals surface area contributed by atoms with Crippen LogP contribution in [0.4, 0.5) is 0 Å². The van der Waals surface area contributed by atoms with Gasteiger partial charge in [0.2, 0.25) is 5.91 Å². The van der Waals surface area contributed by atoms with Gasteiger partial charge in [0.25, 0.3) is 0 Å². The van der Waals surface area contributed by atoms with Gasteiger partial charge in [0.1, 0.15) is 12.2 Å². The molecule has 4 atom stereocenters. The minimum absolute atomic E-state index is 0.0000737. The molecule has 0 spiro atoms. The lowest BCUT2D eigenvalue weighted by Crippen LogP contribution is -2.52. The molecule has 1 heterocycles.